The number of ether oxygens (including phenoxy) is 1. The average molecular weight is 383 g/mol. The van der Waals surface area contributed by atoms with Crippen LogP contribution in [0, 0.1) is 0 Å². The number of hydrogen-bond acceptors (Lipinski definition) is 7. The second-order valence-electron chi connectivity index (χ2n) is 6.20. The third-order valence-electron chi connectivity index (χ3n) is 4.18. The van der Waals surface area contributed by atoms with Gasteiger partial charge in [0.2, 0.25) is 5.91 Å². The zero-order chi connectivity index (χ0) is 19.8. The van der Waals surface area contributed by atoms with E-state index < -0.39 is 18.2 Å². The summed E-state index contributed by atoms with van der Waals surface area (Å²) in [5.41, 5.74) is 1.12. The van der Waals surface area contributed by atoms with Crippen molar-refractivity contribution in [1.82, 2.24) is 25.6 Å². The molecule has 1 aliphatic heterocycles. The second-order valence-corrected chi connectivity index (χ2v) is 6.20. The molecule has 0 saturated carbocycles. The fourth-order valence-corrected chi connectivity index (χ4v) is 2.73. The number of aliphatic hydroxyl groups excluding tert-OH is 1. The SMILES string of the molecule is O=C(C[C@H]1C=C[C@@H](NC(=O)c2cccnc2)[C@@H](CO)O1)NCc1ccncn1. The molecule has 3 heterocycles. The topological polar surface area (TPSA) is 126 Å². The molecule has 0 fully saturated rings. The Morgan fingerprint density at radius 2 is 2.07 bits per heavy atom. The molecule has 2 amide bonds. The molecule has 0 radical (unpaired) electrons. The molecule has 0 unspecified atom stereocenters. The summed E-state index contributed by atoms with van der Waals surface area (Å²) >= 11 is 0. The molecule has 0 bridgehead atoms. The summed E-state index contributed by atoms with van der Waals surface area (Å²) in [6, 6.07) is 4.53. The fourth-order valence-electron chi connectivity index (χ4n) is 2.73. The highest BCUT2D eigenvalue weighted by molar-refractivity contribution is 5.94. The van der Waals surface area contributed by atoms with Crippen molar-refractivity contribution in [2.45, 2.75) is 31.2 Å². The Balaban J connectivity index is 1.52. The molecule has 0 aliphatic carbocycles. The normalized spacial score (nSPS) is 21.1. The highest BCUT2D eigenvalue weighted by Gasteiger charge is 2.29. The molecule has 146 valence electrons. The van der Waals surface area contributed by atoms with Crippen LogP contribution in [0.5, 0.6) is 0 Å². The summed E-state index contributed by atoms with van der Waals surface area (Å²) in [5, 5.41) is 15.2. The first-order chi connectivity index (χ1) is 13.7. The van der Waals surface area contributed by atoms with Gasteiger partial charge in [0.15, 0.2) is 0 Å². The number of rotatable bonds is 7. The smallest absolute Gasteiger partial charge is 0.253 e. The lowest BCUT2D eigenvalue weighted by Crippen LogP contribution is -2.49. The minimum absolute atomic E-state index is 0.0986. The predicted molar refractivity (Wildman–Crippen MR) is 98.9 cm³/mol. The van der Waals surface area contributed by atoms with Crippen molar-refractivity contribution >= 4 is 11.8 Å². The molecule has 28 heavy (non-hydrogen) atoms. The van der Waals surface area contributed by atoms with Crippen molar-refractivity contribution in [2.24, 2.45) is 0 Å². The van der Waals surface area contributed by atoms with E-state index in [1.54, 1.807) is 42.7 Å². The van der Waals surface area contributed by atoms with Crippen LogP contribution in [-0.2, 0) is 16.1 Å². The number of carbonyl (C=O) groups excluding carboxylic acids is 2. The van der Waals surface area contributed by atoms with Gasteiger partial charge < -0.3 is 20.5 Å². The lowest BCUT2D eigenvalue weighted by Gasteiger charge is -2.31. The van der Waals surface area contributed by atoms with Gasteiger partial charge in [0.1, 0.15) is 12.4 Å². The maximum absolute atomic E-state index is 12.3. The molecule has 0 spiro atoms. The second kappa shape index (κ2) is 9.67. The van der Waals surface area contributed by atoms with Crippen molar-refractivity contribution in [3.05, 3.63) is 66.5 Å². The Morgan fingerprint density at radius 1 is 1.18 bits per heavy atom. The van der Waals surface area contributed by atoms with Crippen LogP contribution >= 0.6 is 0 Å². The van der Waals surface area contributed by atoms with Crippen LogP contribution < -0.4 is 10.6 Å². The minimum Gasteiger partial charge on any atom is -0.394 e. The molecule has 3 rings (SSSR count). The number of carbonyl (C=O) groups is 2. The zero-order valence-electron chi connectivity index (χ0n) is 15.1. The van der Waals surface area contributed by atoms with Crippen LogP contribution in [0.15, 0.2) is 55.3 Å². The van der Waals surface area contributed by atoms with E-state index >= 15 is 0 Å². The summed E-state index contributed by atoms with van der Waals surface area (Å²) in [5.74, 6) is -0.520. The van der Waals surface area contributed by atoms with Gasteiger partial charge in [0.25, 0.3) is 5.91 Å². The Kier molecular flexibility index (Phi) is 6.77. The first kappa shape index (κ1) is 19.6. The van der Waals surface area contributed by atoms with Gasteiger partial charge in [-0.25, -0.2) is 9.97 Å². The van der Waals surface area contributed by atoms with Gasteiger partial charge in [-0.05, 0) is 18.2 Å². The summed E-state index contributed by atoms with van der Waals surface area (Å²) < 4.78 is 5.75. The van der Waals surface area contributed by atoms with E-state index in [9.17, 15) is 14.7 Å². The summed E-state index contributed by atoms with van der Waals surface area (Å²) in [6.45, 7) is 0.00634. The molecule has 1 aliphatic rings. The Labute approximate surface area is 161 Å². The lowest BCUT2D eigenvalue weighted by atomic mass is 10.0. The van der Waals surface area contributed by atoms with Crippen molar-refractivity contribution in [2.75, 3.05) is 6.61 Å². The molecular weight excluding hydrogens is 362 g/mol. The maximum Gasteiger partial charge on any atom is 0.253 e. The first-order valence-corrected chi connectivity index (χ1v) is 8.83. The summed E-state index contributed by atoms with van der Waals surface area (Å²) in [6.07, 6.45) is 8.47. The van der Waals surface area contributed by atoms with Crippen LogP contribution in [0.3, 0.4) is 0 Å². The van der Waals surface area contributed by atoms with Crippen LogP contribution in [-0.4, -0.2) is 56.7 Å². The Hall–Kier alpha value is -3.17. The zero-order valence-corrected chi connectivity index (χ0v) is 15.1. The molecule has 3 N–H and O–H groups in total. The predicted octanol–water partition coefficient (Wildman–Crippen LogP) is -0.00760. The number of nitrogens with one attached hydrogen (secondary N) is 2. The van der Waals surface area contributed by atoms with Gasteiger partial charge >= 0.3 is 0 Å². The van der Waals surface area contributed by atoms with Gasteiger partial charge in [-0.3, -0.25) is 14.6 Å². The molecule has 2 aromatic heterocycles. The van der Waals surface area contributed by atoms with Crippen molar-refractivity contribution in [3.63, 3.8) is 0 Å². The van der Waals surface area contributed by atoms with E-state index in [-0.39, 0.29) is 24.8 Å². The summed E-state index contributed by atoms with van der Waals surface area (Å²) in [4.78, 5) is 36.1. The number of nitrogens with zero attached hydrogens (tertiary/aromatic N) is 3. The lowest BCUT2D eigenvalue weighted by molar-refractivity contribution is -0.125. The van der Waals surface area contributed by atoms with Crippen molar-refractivity contribution in [3.8, 4) is 0 Å². The molecule has 3 atom stereocenters. The first-order valence-electron chi connectivity index (χ1n) is 8.83. The van der Waals surface area contributed by atoms with Gasteiger partial charge in [-0.2, -0.15) is 0 Å². The van der Waals surface area contributed by atoms with E-state index in [2.05, 4.69) is 25.6 Å². The molecule has 2 aromatic rings. The number of amides is 2. The highest BCUT2D eigenvalue weighted by atomic mass is 16.5. The van der Waals surface area contributed by atoms with Crippen LogP contribution in [0.25, 0.3) is 0 Å². The van der Waals surface area contributed by atoms with Crippen molar-refractivity contribution in [1.29, 1.82) is 0 Å². The van der Waals surface area contributed by atoms with Gasteiger partial charge in [0, 0.05) is 18.6 Å². The van der Waals surface area contributed by atoms with E-state index in [0.717, 1.165) is 0 Å². The monoisotopic (exact) mass is 383 g/mol. The van der Waals surface area contributed by atoms with Crippen LogP contribution in [0.2, 0.25) is 0 Å². The van der Waals surface area contributed by atoms with Crippen LogP contribution in [0.1, 0.15) is 22.5 Å². The van der Waals surface area contributed by atoms with Crippen molar-refractivity contribution < 1.29 is 19.4 Å². The number of pyridine rings is 1. The molecular formula is C19H21N5O4. The quantitative estimate of drug-likeness (QED) is 0.574. The molecule has 9 nitrogen and oxygen atoms in total. The average Bonchev–Trinajstić information content (AvgIpc) is 2.74. The Bertz CT molecular complexity index is 816. The standard InChI is InChI=1S/C19H21N5O4/c25-11-17-16(24-19(27)13-2-1-6-20-9-13)4-3-15(28-17)8-18(26)22-10-14-5-7-21-12-23-14/h1-7,9,12,15-17,25H,8,10-11H2,(H,22,26)(H,24,27)/t15-,16-,17-/m1/s1. The maximum atomic E-state index is 12.3. The van der Waals surface area contributed by atoms with E-state index in [0.29, 0.717) is 17.8 Å². The number of aliphatic hydroxyl groups is 1. The van der Waals surface area contributed by atoms with E-state index in [1.165, 1.54) is 12.5 Å². The third kappa shape index (κ3) is 5.41. The van der Waals surface area contributed by atoms with E-state index in [4.69, 9.17) is 4.74 Å². The van der Waals surface area contributed by atoms with Gasteiger partial charge in [-0.1, -0.05) is 12.2 Å². The molecule has 9 heteroatoms. The largest absolute Gasteiger partial charge is 0.394 e. The van der Waals surface area contributed by atoms with Crippen LogP contribution in [0.4, 0.5) is 0 Å². The third-order valence-corrected chi connectivity index (χ3v) is 4.18. The van der Waals surface area contributed by atoms with E-state index in [1.807, 2.05) is 0 Å². The molecule has 0 saturated heterocycles. The Morgan fingerprint density at radius 3 is 2.79 bits per heavy atom. The minimum atomic E-state index is -0.648. The summed E-state index contributed by atoms with van der Waals surface area (Å²) in [7, 11) is 0. The number of hydrogen-bond donors (Lipinski definition) is 3. The molecule has 0 aromatic carbocycles. The number of aromatic nitrogens is 3. The fraction of sp³-hybridized carbons (Fsp3) is 0.316. The highest BCUT2D eigenvalue weighted by Crippen LogP contribution is 2.16. The van der Waals surface area contributed by atoms with Gasteiger partial charge in [-0.15, -0.1) is 0 Å². The van der Waals surface area contributed by atoms with Gasteiger partial charge in [0.05, 0.1) is 43.0 Å².